The van der Waals surface area contributed by atoms with Crippen molar-refractivity contribution < 1.29 is 4.79 Å². The summed E-state index contributed by atoms with van der Waals surface area (Å²) in [6, 6.07) is 5.14. The number of fused-ring (bicyclic) bond motifs is 1. The van der Waals surface area contributed by atoms with Gasteiger partial charge in [-0.25, -0.2) is 0 Å². The molecule has 0 fully saturated rings. The van der Waals surface area contributed by atoms with E-state index in [0.717, 1.165) is 5.56 Å². The lowest BCUT2D eigenvalue weighted by atomic mass is 10.1. The van der Waals surface area contributed by atoms with E-state index in [0.29, 0.717) is 17.0 Å². The third-order valence-electron chi connectivity index (χ3n) is 2.12. The zero-order valence-electron chi connectivity index (χ0n) is 6.38. The minimum atomic E-state index is -0.134. The summed E-state index contributed by atoms with van der Waals surface area (Å²) in [6.45, 7) is 0. The molecule has 1 aliphatic carbocycles. The van der Waals surface area contributed by atoms with Crippen LogP contribution in [-0.4, -0.2) is 5.78 Å². The summed E-state index contributed by atoms with van der Waals surface area (Å²) in [5.41, 5.74) is 7.33. The van der Waals surface area contributed by atoms with Gasteiger partial charge in [0, 0.05) is 23.0 Å². The van der Waals surface area contributed by atoms with Crippen molar-refractivity contribution in [2.24, 2.45) is 5.73 Å². The summed E-state index contributed by atoms with van der Waals surface area (Å²) >= 11 is 5.74. The molecular weight excluding hydrogens is 174 g/mol. The zero-order valence-corrected chi connectivity index (χ0v) is 7.14. The van der Waals surface area contributed by atoms with Gasteiger partial charge in [-0.15, -0.1) is 0 Å². The Morgan fingerprint density at radius 1 is 1.50 bits per heavy atom. The van der Waals surface area contributed by atoms with Gasteiger partial charge in [-0.1, -0.05) is 17.7 Å². The Labute approximate surface area is 75.3 Å². The molecular formula is C9H8ClNO. The van der Waals surface area contributed by atoms with Crippen LogP contribution >= 0.6 is 11.6 Å². The number of carbonyl (C=O) groups is 1. The topological polar surface area (TPSA) is 43.1 Å². The molecule has 1 atom stereocenters. The van der Waals surface area contributed by atoms with E-state index in [4.69, 9.17) is 17.3 Å². The van der Waals surface area contributed by atoms with Crippen molar-refractivity contribution in [3.63, 3.8) is 0 Å². The highest BCUT2D eigenvalue weighted by Gasteiger charge is 2.26. The van der Waals surface area contributed by atoms with Crippen molar-refractivity contribution in [1.29, 1.82) is 0 Å². The van der Waals surface area contributed by atoms with Gasteiger partial charge in [0.2, 0.25) is 0 Å². The molecule has 2 nitrogen and oxygen atoms in total. The molecule has 0 saturated carbocycles. The van der Waals surface area contributed by atoms with Crippen molar-refractivity contribution in [3.05, 3.63) is 34.3 Å². The van der Waals surface area contributed by atoms with Gasteiger partial charge in [-0.3, -0.25) is 4.79 Å². The summed E-state index contributed by atoms with van der Waals surface area (Å²) in [5, 5.41) is 0.594. The SMILES string of the molecule is NC1CC(=O)c2cc(Cl)ccc21. The van der Waals surface area contributed by atoms with Crippen LogP contribution in [0.3, 0.4) is 0 Å². The first-order valence-corrected chi connectivity index (χ1v) is 4.14. The lowest BCUT2D eigenvalue weighted by molar-refractivity contribution is 0.0989. The van der Waals surface area contributed by atoms with E-state index < -0.39 is 0 Å². The highest BCUT2D eigenvalue weighted by molar-refractivity contribution is 6.31. The van der Waals surface area contributed by atoms with E-state index in [1.165, 1.54) is 0 Å². The average Bonchev–Trinajstić information content (AvgIpc) is 2.28. The van der Waals surface area contributed by atoms with E-state index in [1.807, 2.05) is 6.07 Å². The number of Topliss-reactive ketones (excluding diaryl/α,β-unsaturated/α-hetero) is 1. The monoisotopic (exact) mass is 181 g/mol. The largest absolute Gasteiger partial charge is 0.324 e. The lowest BCUT2D eigenvalue weighted by Crippen LogP contribution is -2.05. The summed E-state index contributed by atoms with van der Waals surface area (Å²) in [5.74, 6) is 0.0972. The maximum atomic E-state index is 11.3. The molecule has 0 heterocycles. The van der Waals surface area contributed by atoms with Crippen LogP contribution in [0, 0.1) is 0 Å². The molecule has 0 aromatic heterocycles. The number of nitrogens with two attached hydrogens (primary N) is 1. The minimum Gasteiger partial charge on any atom is -0.324 e. The lowest BCUT2D eigenvalue weighted by Gasteiger charge is -2.01. The second-order valence-corrected chi connectivity index (χ2v) is 3.40. The molecule has 0 saturated heterocycles. The van der Waals surface area contributed by atoms with Gasteiger partial charge in [0.25, 0.3) is 0 Å². The number of halogens is 1. The first-order chi connectivity index (χ1) is 5.68. The van der Waals surface area contributed by atoms with E-state index in [2.05, 4.69) is 0 Å². The number of carbonyl (C=O) groups excluding carboxylic acids is 1. The molecule has 2 rings (SSSR count). The fourth-order valence-electron chi connectivity index (χ4n) is 1.51. The molecule has 2 N–H and O–H groups in total. The Morgan fingerprint density at radius 3 is 3.00 bits per heavy atom. The predicted molar refractivity (Wildman–Crippen MR) is 47.3 cm³/mol. The Hall–Kier alpha value is -0.860. The Balaban J connectivity index is 2.60. The summed E-state index contributed by atoms with van der Waals surface area (Å²) in [4.78, 5) is 11.3. The van der Waals surface area contributed by atoms with Gasteiger partial charge in [0.05, 0.1) is 0 Å². The fourth-order valence-corrected chi connectivity index (χ4v) is 1.69. The van der Waals surface area contributed by atoms with Gasteiger partial charge >= 0.3 is 0 Å². The molecule has 1 aromatic rings. The maximum absolute atomic E-state index is 11.3. The molecule has 1 unspecified atom stereocenters. The van der Waals surface area contributed by atoms with Crippen LogP contribution in [0.4, 0.5) is 0 Å². The van der Waals surface area contributed by atoms with Gasteiger partial charge in [0.15, 0.2) is 5.78 Å². The minimum absolute atomic E-state index is 0.0972. The molecule has 0 radical (unpaired) electrons. The van der Waals surface area contributed by atoms with Gasteiger partial charge in [0.1, 0.15) is 0 Å². The summed E-state index contributed by atoms with van der Waals surface area (Å²) in [6.07, 6.45) is 0.412. The molecule has 1 aliphatic rings. The second-order valence-electron chi connectivity index (χ2n) is 2.97. The number of benzene rings is 1. The van der Waals surface area contributed by atoms with Crippen molar-refractivity contribution in [1.82, 2.24) is 0 Å². The highest BCUT2D eigenvalue weighted by atomic mass is 35.5. The zero-order chi connectivity index (χ0) is 8.72. The first-order valence-electron chi connectivity index (χ1n) is 3.76. The average molecular weight is 182 g/mol. The fraction of sp³-hybridized carbons (Fsp3) is 0.222. The van der Waals surface area contributed by atoms with Crippen molar-refractivity contribution in [2.75, 3.05) is 0 Å². The Kier molecular flexibility index (Phi) is 1.67. The van der Waals surface area contributed by atoms with Gasteiger partial charge in [-0.2, -0.15) is 0 Å². The molecule has 12 heavy (non-hydrogen) atoms. The predicted octanol–water partition coefficient (Wildman–Crippen LogP) is 1.93. The Bertz CT molecular complexity index is 348. The standard InChI is InChI=1S/C9H8ClNO/c10-5-1-2-6-7(3-5)9(12)4-8(6)11/h1-3,8H,4,11H2. The summed E-state index contributed by atoms with van der Waals surface area (Å²) < 4.78 is 0. The van der Waals surface area contributed by atoms with E-state index in [-0.39, 0.29) is 11.8 Å². The summed E-state index contributed by atoms with van der Waals surface area (Å²) in [7, 11) is 0. The van der Waals surface area contributed by atoms with E-state index in [9.17, 15) is 4.79 Å². The van der Waals surface area contributed by atoms with E-state index >= 15 is 0 Å². The molecule has 0 amide bonds. The normalized spacial score (nSPS) is 21.2. The molecule has 1 aromatic carbocycles. The number of rotatable bonds is 0. The van der Waals surface area contributed by atoms with Crippen molar-refractivity contribution in [2.45, 2.75) is 12.5 Å². The van der Waals surface area contributed by atoms with Crippen LogP contribution in [0.25, 0.3) is 0 Å². The second kappa shape index (κ2) is 2.57. The van der Waals surface area contributed by atoms with Crippen LogP contribution in [0.2, 0.25) is 5.02 Å². The number of hydrogen-bond donors (Lipinski definition) is 1. The third kappa shape index (κ3) is 1.04. The quantitative estimate of drug-likeness (QED) is 0.665. The Morgan fingerprint density at radius 2 is 2.25 bits per heavy atom. The van der Waals surface area contributed by atoms with Gasteiger partial charge in [-0.05, 0) is 17.7 Å². The van der Waals surface area contributed by atoms with Crippen LogP contribution in [0.5, 0.6) is 0 Å². The van der Waals surface area contributed by atoms with Crippen molar-refractivity contribution >= 4 is 17.4 Å². The smallest absolute Gasteiger partial charge is 0.165 e. The van der Waals surface area contributed by atoms with Crippen molar-refractivity contribution in [3.8, 4) is 0 Å². The molecule has 0 spiro atoms. The van der Waals surface area contributed by atoms with Crippen LogP contribution < -0.4 is 5.73 Å². The molecule has 0 aliphatic heterocycles. The molecule has 0 bridgehead atoms. The number of hydrogen-bond acceptors (Lipinski definition) is 2. The first kappa shape index (κ1) is 7.77. The maximum Gasteiger partial charge on any atom is 0.165 e. The van der Waals surface area contributed by atoms with Crippen LogP contribution in [0.15, 0.2) is 18.2 Å². The van der Waals surface area contributed by atoms with Crippen LogP contribution in [-0.2, 0) is 0 Å². The highest BCUT2D eigenvalue weighted by Crippen LogP contribution is 2.30. The van der Waals surface area contributed by atoms with Crippen LogP contribution in [0.1, 0.15) is 28.4 Å². The molecule has 3 heteroatoms. The van der Waals surface area contributed by atoms with Gasteiger partial charge < -0.3 is 5.73 Å². The number of ketones is 1. The van der Waals surface area contributed by atoms with E-state index in [1.54, 1.807) is 12.1 Å². The third-order valence-corrected chi connectivity index (χ3v) is 2.36. The molecule has 62 valence electrons.